The first-order chi connectivity index (χ1) is 12.9. The van der Waals surface area contributed by atoms with Crippen LogP contribution in [0.5, 0.6) is 0 Å². The zero-order valence-electron chi connectivity index (χ0n) is 15.0. The number of nitrogens with one attached hydrogen (secondary N) is 1. The third kappa shape index (κ3) is 3.87. The molecule has 1 aliphatic rings. The Labute approximate surface area is 154 Å². The smallest absolute Gasteiger partial charge is 0.0959 e. The fourth-order valence-corrected chi connectivity index (χ4v) is 3.61. The molecule has 2 heterocycles. The molecule has 26 heavy (non-hydrogen) atoms. The highest BCUT2D eigenvalue weighted by Gasteiger charge is 2.21. The molecule has 3 aromatic rings. The third-order valence-corrected chi connectivity index (χ3v) is 5.00. The molecule has 1 fully saturated rings. The summed E-state index contributed by atoms with van der Waals surface area (Å²) in [5, 5.41) is 3.44. The van der Waals surface area contributed by atoms with Crippen LogP contribution in [0, 0.1) is 0 Å². The van der Waals surface area contributed by atoms with Gasteiger partial charge in [0.2, 0.25) is 0 Å². The SMILES string of the molecule is c1ccc(COCc2c(-c3ccccc3)ncn2C2CCNCC2)cc1. The van der Waals surface area contributed by atoms with Crippen molar-refractivity contribution in [2.45, 2.75) is 32.1 Å². The van der Waals surface area contributed by atoms with E-state index in [0.717, 1.165) is 37.2 Å². The normalized spacial score (nSPS) is 15.2. The van der Waals surface area contributed by atoms with Crippen molar-refractivity contribution in [2.24, 2.45) is 0 Å². The van der Waals surface area contributed by atoms with E-state index in [1.165, 1.54) is 11.3 Å². The molecule has 0 unspecified atom stereocenters. The fourth-order valence-electron chi connectivity index (χ4n) is 3.61. The van der Waals surface area contributed by atoms with Crippen molar-refractivity contribution in [3.63, 3.8) is 0 Å². The van der Waals surface area contributed by atoms with E-state index >= 15 is 0 Å². The summed E-state index contributed by atoms with van der Waals surface area (Å²) in [5.74, 6) is 0. The van der Waals surface area contributed by atoms with Crippen LogP contribution in [0.1, 0.15) is 30.1 Å². The Morgan fingerprint density at radius 2 is 1.62 bits per heavy atom. The largest absolute Gasteiger partial charge is 0.370 e. The van der Waals surface area contributed by atoms with Crippen LogP contribution in [-0.4, -0.2) is 22.6 Å². The predicted octanol–water partition coefficient (Wildman–Crippen LogP) is 4.19. The predicted molar refractivity (Wildman–Crippen MR) is 104 cm³/mol. The van der Waals surface area contributed by atoms with Gasteiger partial charge in [-0.2, -0.15) is 0 Å². The molecule has 134 valence electrons. The number of hydrogen-bond acceptors (Lipinski definition) is 3. The summed E-state index contributed by atoms with van der Waals surface area (Å²) in [4.78, 5) is 4.75. The topological polar surface area (TPSA) is 39.1 Å². The molecule has 0 radical (unpaired) electrons. The Morgan fingerprint density at radius 3 is 2.35 bits per heavy atom. The lowest BCUT2D eigenvalue weighted by molar-refractivity contribution is 0.101. The van der Waals surface area contributed by atoms with Crippen molar-refractivity contribution >= 4 is 0 Å². The number of ether oxygens (including phenoxy) is 1. The highest BCUT2D eigenvalue weighted by atomic mass is 16.5. The summed E-state index contributed by atoms with van der Waals surface area (Å²) in [5.41, 5.74) is 4.57. The Balaban J connectivity index is 1.57. The fraction of sp³-hybridized carbons (Fsp3) is 0.318. The van der Waals surface area contributed by atoms with Gasteiger partial charge in [-0.05, 0) is 31.5 Å². The summed E-state index contributed by atoms with van der Waals surface area (Å²) in [7, 11) is 0. The average molecular weight is 347 g/mol. The molecule has 0 bridgehead atoms. The van der Waals surface area contributed by atoms with Crippen LogP contribution < -0.4 is 5.32 Å². The molecule has 1 aliphatic heterocycles. The number of rotatable bonds is 6. The lowest BCUT2D eigenvalue weighted by atomic mass is 10.1. The standard InChI is InChI=1S/C22H25N3O/c1-3-7-18(8-4-1)15-26-16-21-22(19-9-5-2-6-10-19)24-17-25(21)20-11-13-23-14-12-20/h1-10,17,20,23H,11-16H2. The molecule has 2 aromatic carbocycles. The maximum absolute atomic E-state index is 6.08. The van der Waals surface area contributed by atoms with Gasteiger partial charge in [0.25, 0.3) is 0 Å². The van der Waals surface area contributed by atoms with E-state index in [9.17, 15) is 0 Å². The van der Waals surface area contributed by atoms with Gasteiger partial charge in [0.1, 0.15) is 0 Å². The van der Waals surface area contributed by atoms with Crippen molar-refractivity contribution < 1.29 is 4.74 Å². The zero-order valence-corrected chi connectivity index (χ0v) is 15.0. The lowest BCUT2D eigenvalue weighted by Gasteiger charge is -2.26. The minimum absolute atomic E-state index is 0.497. The minimum atomic E-state index is 0.497. The maximum Gasteiger partial charge on any atom is 0.0959 e. The second-order valence-electron chi connectivity index (χ2n) is 6.77. The summed E-state index contributed by atoms with van der Waals surface area (Å²) in [6.07, 6.45) is 4.27. The summed E-state index contributed by atoms with van der Waals surface area (Å²) >= 11 is 0. The molecule has 4 nitrogen and oxygen atoms in total. The van der Waals surface area contributed by atoms with Crippen LogP contribution in [-0.2, 0) is 18.0 Å². The molecular formula is C22H25N3O. The Morgan fingerprint density at radius 1 is 0.923 bits per heavy atom. The molecular weight excluding hydrogens is 322 g/mol. The van der Waals surface area contributed by atoms with Crippen molar-refractivity contribution in [2.75, 3.05) is 13.1 Å². The number of piperidine rings is 1. The van der Waals surface area contributed by atoms with Gasteiger partial charge in [0.15, 0.2) is 0 Å². The van der Waals surface area contributed by atoms with Gasteiger partial charge >= 0.3 is 0 Å². The van der Waals surface area contributed by atoms with Crippen molar-refractivity contribution in [1.29, 1.82) is 0 Å². The van der Waals surface area contributed by atoms with Crippen LogP contribution in [0.3, 0.4) is 0 Å². The average Bonchev–Trinajstić information content (AvgIpc) is 3.14. The van der Waals surface area contributed by atoms with Crippen LogP contribution in [0.4, 0.5) is 0 Å². The second kappa shape index (κ2) is 8.30. The van der Waals surface area contributed by atoms with E-state index in [0.29, 0.717) is 19.3 Å². The summed E-state index contributed by atoms with van der Waals surface area (Å²) in [6, 6.07) is 21.2. The Hall–Kier alpha value is -2.43. The van der Waals surface area contributed by atoms with Crippen molar-refractivity contribution in [1.82, 2.24) is 14.9 Å². The number of nitrogens with zero attached hydrogens (tertiary/aromatic N) is 2. The second-order valence-corrected chi connectivity index (χ2v) is 6.77. The molecule has 0 saturated carbocycles. The van der Waals surface area contributed by atoms with Crippen molar-refractivity contribution in [3.8, 4) is 11.3 Å². The highest BCUT2D eigenvalue weighted by Crippen LogP contribution is 2.28. The molecule has 1 saturated heterocycles. The van der Waals surface area contributed by atoms with E-state index in [4.69, 9.17) is 9.72 Å². The van der Waals surface area contributed by atoms with Crippen LogP contribution >= 0.6 is 0 Å². The number of hydrogen-bond donors (Lipinski definition) is 1. The van der Waals surface area contributed by atoms with E-state index in [2.05, 4.69) is 46.3 Å². The van der Waals surface area contributed by atoms with E-state index in [-0.39, 0.29) is 0 Å². The lowest BCUT2D eigenvalue weighted by Crippen LogP contribution is -2.30. The number of benzene rings is 2. The third-order valence-electron chi connectivity index (χ3n) is 5.00. The summed E-state index contributed by atoms with van der Waals surface area (Å²) < 4.78 is 8.42. The molecule has 0 atom stereocenters. The van der Waals surface area contributed by atoms with Gasteiger partial charge in [-0.15, -0.1) is 0 Å². The first-order valence-corrected chi connectivity index (χ1v) is 9.35. The van der Waals surface area contributed by atoms with Gasteiger partial charge in [0.05, 0.1) is 30.9 Å². The zero-order chi connectivity index (χ0) is 17.6. The molecule has 4 heteroatoms. The van der Waals surface area contributed by atoms with Gasteiger partial charge in [0, 0.05) is 11.6 Å². The van der Waals surface area contributed by atoms with E-state index in [1.54, 1.807) is 0 Å². The number of imidazole rings is 1. The first kappa shape index (κ1) is 17.0. The maximum atomic E-state index is 6.08. The molecule has 4 rings (SSSR count). The summed E-state index contributed by atoms with van der Waals surface area (Å²) in [6.45, 7) is 3.32. The number of aromatic nitrogens is 2. The van der Waals surface area contributed by atoms with Crippen molar-refractivity contribution in [3.05, 3.63) is 78.2 Å². The van der Waals surface area contributed by atoms with E-state index < -0.39 is 0 Å². The van der Waals surface area contributed by atoms with Gasteiger partial charge in [-0.3, -0.25) is 0 Å². The van der Waals surface area contributed by atoms with Crippen LogP contribution in [0.15, 0.2) is 67.0 Å². The molecule has 0 aliphatic carbocycles. The first-order valence-electron chi connectivity index (χ1n) is 9.35. The quantitative estimate of drug-likeness (QED) is 0.727. The van der Waals surface area contributed by atoms with Crippen LogP contribution in [0.2, 0.25) is 0 Å². The van der Waals surface area contributed by atoms with E-state index in [1.807, 2.05) is 30.6 Å². The Kier molecular flexibility index (Phi) is 5.43. The van der Waals surface area contributed by atoms with Gasteiger partial charge in [-0.25, -0.2) is 4.98 Å². The minimum Gasteiger partial charge on any atom is -0.370 e. The molecule has 0 spiro atoms. The highest BCUT2D eigenvalue weighted by molar-refractivity contribution is 5.61. The monoisotopic (exact) mass is 347 g/mol. The molecule has 1 N–H and O–H groups in total. The van der Waals surface area contributed by atoms with Crippen LogP contribution in [0.25, 0.3) is 11.3 Å². The molecule has 1 aromatic heterocycles. The Bertz CT molecular complexity index is 808. The molecule has 0 amide bonds. The van der Waals surface area contributed by atoms with Gasteiger partial charge in [-0.1, -0.05) is 60.7 Å². The van der Waals surface area contributed by atoms with Gasteiger partial charge < -0.3 is 14.6 Å².